The van der Waals surface area contributed by atoms with Gasteiger partial charge in [0.25, 0.3) is 0 Å². The number of H-pyrrole nitrogens is 2. The molecule has 4 nitrogen and oxygen atoms in total. The van der Waals surface area contributed by atoms with Gasteiger partial charge in [0, 0.05) is 41.5 Å². The summed E-state index contributed by atoms with van der Waals surface area (Å²) in [5, 5.41) is 0. The first-order chi connectivity index (χ1) is 6.83. The van der Waals surface area contributed by atoms with Crippen molar-refractivity contribution in [1.82, 2.24) is 9.97 Å². The average Bonchev–Trinajstić information content (AvgIpc) is 2.80. The number of nitrogens with two attached hydrogens (primary N) is 2. The molecular weight excluding hydrogens is 176 g/mol. The van der Waals surface area contributed by atoms with E-state index >= 15 is 0 Å². The molecule has 72 valence electrons. The quantitative estimate of drug-likeness (QED) is 0.572. The Hall–Kier alpha value is -2.10. The van der Waals surface area contributed by atoms with Gasteiger partial charge in [-0.2, -0.15) is 0 Å². The number of rotatable bonds is 2. The fourth-order valence-electron chi connectivity index (χ4n) is 1.45. The summed E-state index contributed by atoms with van der Waals surface area (Å²) in [4.78, 5) is 5.90. The van der Waals surface area contributed by atoms with Gasteiger partial charge in [-0.3, -0.25) is 0 Å². The highest BCUT2D eigenvalue weighted by Gasteiger charge is 2.08. The minimum Gasteiger partial charge on any atom is -0.404 e. The molecule has 0 saturated heterocycles. The zero-order valence-corrected chi connectivity index (χ0v) is 7.62. The Labute approximate surface area is 81.6 Å². The number of hydrogen-bond donors (Lipinski definition) is 4. The summed E-state index contributed by atoms with van der Waals surface area (Å²) < 4.78 is 0. The van der Waals surface area contributed by atoms with Crippen LogP contribution in [-0.2, 0) is 0 Å². The summed E-state index contributed by atoms with van der Waals surface area (Å²) >= 11 is 0. The molecule has 0 atom stereocenters. The molecule has 4 heteroatoms. The zero-order chi connectivity index (χ0) is 9.97. The second kappa shape index (κ2) is 3.33. The van der Waals surface area contributed by atoms with Gasteiger partial charge in [-0.1, -0.05) is 0 Å². The van der Waals surface area contributed by atoms with E-state index in [9.17, 15) is 0 Å². The predicted molar refractivity (Wildman–Crippen MR) is 57.3 cm³/mol. The monoisotopic (exact) mass is 188 g/mol. The predicted octanol–water partition coefficient (Wildman–Crippen LogP) is 1.27. The van der Waals surface area contributed by atoms with Crippen molar-refractivity contribution in [3.8, 4) is 0 Å². The molecule has 2 heterocycles. The van der Waals surface area contributed by atoms with Crippen molar-refractivity contribution in [3.63, 3.8) is 0 Å². The highest BCUT2D eigenvalue weighted by molar-refractivity contribution is 5.84. The van der Waals surface area contributed by atoms with Crippen LogP contribution < -0.4 is 11.5 Å². The van der Waals surface area contributed by atoms with Gasteiger partial charge in [-0.25, -0.2) is 0 Å². The molecule has 0 fully saturated rings. The summed E-state index contributed by atoms with van der Waals surface area (Å²) in [6.07, 6.45) is 7.08. The molecule has 0 unspecified atom stereocenters. The first kappa shape index (κ1) is 8.50. The lowest BCUT2D eigenvalue weighted by Gasteiger charge is -2.02. The lowest BCUT2D eigenvalue weighted by Crippen LogP contribution is -1.94. The van der Waals surface area contributed by atoms with Crippen LogP contribution in [0.5, 0.6) is 0 Å². The highest BCUT2D eigenvalue weighted by atomic mass is 14.8. The summed E-state index contributed by atoms with van der Waals surface area (Å²) in [6, 6.07) is 3.85. The van der Waals surface area contributed by atoms with E-state index < -0.39 is 0 Å². The van der Waals surface area contributed by atoms with Crippen LogP contribution in [0, 0.1) is 0 Å². The van der Waals surface area contributed by atoms with Gasteiger partial charge in [0.1, 0.15) is 5.82 Å². The van der Waals surface area contributed by atoms with Crippen molar-refractivity contribution < 1.29 is 0 Å². The molecule has 0 aromatic carbocycles. The van der Waals surface area contributed by atoms with Gasteiger partial charge in [-0.15, -0.1) is 0 Å². The fourth-order valence-corrected chi connectivity index (χ4v) is 1.45. The SMILES string of the molecule is N/C=C(/c1cc[nH]c1)c1cc[nH]c1N. The van der Waals surface area contributed by atoms with Gasteiger partial charge >= 0.3 is 0 Å². The minimum atomic E-state index is 0.628. The Morgan fingerprint density at radius 3 is 2.64 bits per heavy atom. The van der Waals surface area contributed by atoms with Crippen molar-refractivity contribution in [2.24, 2.45) is 5.73 Å². The summed E-state index contributed by atoms with van der Waals surface area (Å²) in [7, 11) is 0. The molecule has 0 bridgehead atoms. The molecule has 2 aromatic rings. The summed E-state index contributed by atoms with van der Waals surface area (Å²) in [5.74, 6) is 0.628. The Morgan fingerprint density at radius 2 is 2.14 bits per heavy atom. The third kappa shape index (κ3) is 1.26. The number of nitrogens with one attached hydrogen (secondary N) is 2. The molecule has 0 aliphatic carbocycles. The van der Waals surface area contributed by atoms with Crippen LogP contribution in [0.25, 0.3) is 5.57 Å². The standard InChI is InChI=1S/C10H12N4/c11-5-9(7-1-3-13-6-7)8-2-4-14-10(8)12/h1-6,13-14H,11-12H2/b9-5-. The molecule has 0 radical (unpaired) electrons. The second-order valence-corrected chi connectivity index (χ2v) is 2.99. The Kier molecular flexibility index (Phi) is 2.02. The maximum Gasteiger partial charge on any atom is 0.108 e. The average molecular weight is 188 g/mol. The maximum absolute atomic E-state index is 5.76. The molecule has 0 aliphatic rings. The van der Waals surface area contributed by atoms with Gasteiger partial charge in [-0.05, 0) is 12.1 Å². The van der Waals surface area contributed by atoms with E-state index in [2.05, 4.69) is 9.97 Å². The van der Waals surface area contributed by atoms with Crippen LogP contribution >= 0.6 is 0 Å². The van der Waals surface area contributed by atoms with E-state index in [1.165, 1.54) is 0 Å². The first-order valence-electron chi connectivity index (χ1n) is 4.31. The van der Waals surface area contributed by atoms with Gasteiger partial charge in [0.15, 0.2) is 0 Å². The molecule has 2 rings (SSSR count). The van der Waals surface area contributed by atoms with Crippen molar-refractivity contribution in [3.05, 3.63) is 48.1 Å². The molecule has 14 heavy (non-hydrogen) atoms. The molecule has 0 saturated carbocycles. The van der Waals surface area contributed by atoms with Crippen LogP contribution in [0.1, 0.15) is 11.1 Å². The van der Waals surface area contributed by atoms with Crippen LogP contribution in [0.15, 0.2) is 36.9 Å². The number of aromatic amines is 2. The summed E-state index contributed by atoms with van der Waals surface area (Å²) in [5.41, 5.74) is 14.2. The van der Waals surface area contributed by atoms with Crippen molar-refractivity contribution >= 4 is 11.4 Å². The minimum absolute atomic E-state index is 0.628. The van der Waals surface area contributed by atoms with E-state index in [0.717, 1.165) is 16.7 Å². The van der Waals surface area contributed by atoms with Crippen LogP contribution in [0.2, 0.25) is 0 Å². The topological polar surface area (TPSA) is 83.6 Å². The third-order valence-corrected chi connectivity index (χ3v) is 2.14. The largest absolute Gasteiger partial charge is 0.404 e. The van der Waals surface area contributed by atoms with Crippen LogP contribution in [0.3, 0.4) is 0 Å². The van der Waals surface area contributed by atoms with E-state index in [-0.39, 0.29) is 0 Å². The van der Waals surface area contributed by atoms with Crippen LogP contribution in [-0.4, -0.2) is 9.97 Å². The lowest BCUT2D eigenvalue weighted by atomic mass is 10.0. The van der Waals surface area contributed by atoms with E-state index in [0.29, 0.717) is 5.82 Å². The van der Waals surface area contributed by atoms with Gasteiger partial charge in [0.2, 0.25) is 0 Å². The second-order valence-electron chi connectivity index (χ2n) is 2.99. The van der Waals surface area contributed by atoms with Crippen molar-refractivity contribution in [2.75, 3.05) is 5.73 Å². The third-order valence-electron chi connectivity index (χ3n) is 2.14. The molecule has 0 aliphatic heterocycles. The molecule has 6 N–H and O–H groups in total. The highest BCUT2D eigenvalue weighted by Crippen LogP contribution is 2.25. The Balaban J connectivity index is 2.47. The maximum atomic E-state index is 5.76. The molecular formula is C10H12N4. The normalized spacial score (nSPS) is 11.9. The number of hydrogen-bond acceptors (Lipinski definition) is 2. The molecule has 0 amide bonds. The number of anilines is 1. The van der Waals surface area contributed by atoms with Crippen LogP contribution in [0.4, 0.5) is 5.82 Å². The van der Waals surface area contributed by atoms with E-state index in [1.54, 1.807) is 12.4 Å². The van der Waals surface area contributed by atoms with Gasteiger partial charge in [0.05, 0.1) is 0 Å². The molecule has 0 spiro atoms. The smallest absolute Gasteiger partial charge is 0.108 e. The molecule has 2 aromatic heterocycles. The van der Waals surface area contributed by atoms with E-state index in [1.807, 2.05) is 24.5 Å². The van der Waals surface area contributed by atoms with Crippen molar-refractivity contribution in [2.45, 2.75) is 0 Å². The first-order valence-corrected chi connectivity index (χ1v) is 4.31. The summed E-state index contributed by atoms with van der Waals surface area (Å²) in [6.45, 7) is 0. The van der Waals surface area contributed by atoms with Gasteiger partial charge < -0.3 is 21.4 Å². The Bertz CT molecular complexity index is 436. The number of aromatic nitrogens is 2. The number of nitrogen functional groups attached to an aromatic ring is 1. The van der Waals surface area contributed by atoms with Crippen molar-refractivity contribution in [1.29, 1.82) is 0 Å². The Morgan fingerprint density at radius 1 is 1.29 bits per heavy atom. The fraction of sp³-hybridized carbons (Fsp3) is 0. The lowest BCUT2D eigenvalue weighted by molar-refractivity contribution is 1.40. The zero-order valence-electron chi connectivity index (χ0n) is 7.62. The van der Waals surface area contributed by atoms with E-state index in [4.69, 9.17) is 11.5 Å².